The Hall–Kier alpha value is -3.24. The summed E-state index contributed by atoms with van der Waals surface area (Å²) in [4.78, 5) is 38.2. The number of carboxylic acid groups (broad SMARTS) is 1. The van der Waals surface area contributed by atoms with Crippen LogP contribution >= 0.6 is 0 Å². The fraction of sp³-hybridized carbons (Fsp3) is 0.600. The van der Waals surface area contributed by atoms with Crippen LogP contribution in [0.4, 0.5) is 0 Å². The third-order valence-corrected chi connectivity index (χ3v) is 9.41. The molecule has 1 aliphatic heterocycles. The second kappa shape index (κ2) is 9.69. The van der Waals surface area contributed by atoms with Crippen LogP contribution in [-0.2, 0) is 28.0 Å². The molecule has 8 rings (SSSR count). The Morgan fingerprint density at radius 2 is 2.05 bits per heavy atom. The Bertz CT molecular complexity index is 1490. The van der Waals surface area contributed by atoms with E-state index in [1.165, 1.54) is 6.42 Å². The van der Waals surface area contributed by atoms with Gasteiger partial charge in [-0.05, 0) is 74.5 Å². The van der Waals surface area contributed by atoms with Crippen molar-refractivity contribution in [2.75, 3.05) is 13.2 Å². The summed E-state index contributed by atoms with van der Waals surface area (Å²) in [5, 5.41) is 9.39. The number of aromatic carboxylic acids is 1. The summed E-state index contributed by atoms with van der Waals surface area (Å²) in [6.45, 7) is 4.09. The van der Waals surface area contributed by atoms with E-state index in [9.17, 15) is 14.7 Å². The lowest BCUT2D eigenvalue weighted by Gasteiger charge is -2.61. The minimum absolute atomic E-state index is 0.109. The highest BCUT2D eigenvalue weighted by molar-refractivity contribution is 5.87. The molecule has 4 bridgehead atoms. The first-order valence-electron chi connectivity index (χ1n) is 14.6. The van der Waals surface area contributed by atoms with Gasteiger partial charge in [0.25, 0.3) is 5.56 Å². The molecule has 2 aromatic heterocycles. The molecule has 10 nitrogen and oxygen atoms in total. The lowest BCUT2D eigenvalue weighted by Crippen LogP contribution is -2.58. The Kier molecular flexibility index (Phi) is 6.23. The van der Waals surface area contributed by atoms with Crippen molar-refractivity contribution in [3.05, 3.63) is 51.6 Å². The highest BCUT2D eigenvalue weighted by Crippen LogP contribution is 2.63. The number of fused-ring (bicyclic) bond motifs is 1. The zero-order valence-electron chi connectivity index (χ0n) is 22.9. The lowest BCUT2D eigenvalue weighted by molar-refractivity contribution is -0.179. The Balaban J connectivity index is 1.20. The summed E-state index contributed by atoms with van der Waals surface area (Å²) >= 11 is 0. The minimum atomic E-state index is -0.933. The van der Waals surface area contributed by atoms with Gasteiger partial charge in [0.15, 0.2) is 11.2 Å². The molecule has 3 heterocycles. The third kappa shape index (κ3) is 4.41. The van der Waals surface area contributed by atoms with Crippen molar-refractivity contribution >= 4 is 17.1 Å². The topological polar surface area (TPSA) is 129 Å². The maximum atomic E-state index is 13.6. The standard InChI is InChI=1S/C30H36N4O6/c1-2-7-34-25(35)23-24(33-28(34)40-22-6-8-38-16-22)32-27(31-23)29-11-19-9-20(12-29)14-30(13-19,17-29)39-15-18-4-3-5-21(10-18)26(36)37/h3-5,10,19-20,22H,2,6-9,11-17H2,1H3,(H,31,32)(H,36,37). The molecule has 3 atom stereocenters. The van der Waals surface area contributed by atoms with Gasteiger partial charge in [0.05, 0.1) is 31.0 Å². The van der Waals surface area contributed by atoms with E-state index in [-0.39, 0.29) is 28.2 Å². The van der Waals surface area contributed by atoms with Crippen LogP contribution in [0.25, 0.3) is 11.2 Å². The number of hydrogen-bond donors (Lipinski definition) is 2. The van der Waals surface area contributed by atoms with E-state index in [4.69, 9.17) is 24.2 Å². The molecule has 4 saturated carbocycles. The van der Waals surface area contributed by atoms with Gasteiger partial charge < -0.3 is 24.3 Å². The van der Waals surface area contributed by atoms with Crippen molar-refractivity contribution in [3.63, 3.8) is 0 Å². The number of aromatic nitrogens is 4. The Morgan fingerprint density at radius 1 is 1.23 bits per heavy atom. The van der Waals surface area contributed by atoms with Crippen molar-refractivity contribution in [1.82, 2.24) is 19.5 Å². The molecule has 5 fully saturated rings. The van der Waals surface area contributed by atoms with Crippen molar-refractivity contribution in [2.45, 2.75) is 88.6 Å². The average Bonchev–Trinajstić information content (AvgIpc) is 3.60. The number of benzene rings is 1. The van der Waals surface area contributed by atoms with Gasteiger partial charge >= 0.3 is 12.0 Å². The van der Waals surface area contributed by atoms with Crippen molar-refractivity contribution in [2.24, 2.45) is 11.8 Å². The zero-order valence-corrected chi connectivity index (χ0v) is 22.9. The largest absolute Gasteiger partial charge is 0.478 e. The normalized spacial score (nSPS) is 30.8. The average molecular weight is 549 g/mol. The summed E-state index contributed by atoms with van der Waals surface area (Å²) in [5.41, 5.74) is 1.37. The number of carbonyl (C=O) groups is 1. The summed E-state index contributed by atoms with van der Waals surface area (Å²) in [7, 11) is 0. The van der Waals surface area contributed by atoms with Gasteiger partial charge in [-0.25, -0.2) is 9.78 Å². The molecule has 1 aromatic carbocycles. The smallest absolute Gasteiger partial charge is 0.335 e. The first-order chi connectivity index (χ1) is 19.4. The number of aromatic amines is 1. The molecule has 2 N–H and O–H groups in total. The molecular weight excluding hydrogens is 512 g/mol. The number of rotatable bonds is 9. The van der Waals surface area contributed by atoms with Crippen LogP contribution in [0.15, 0.2) is 29.1 Å². The molecule has 212 valence electrons. The van der Waals surface area contributed by atoms with Gasteiger partial charge in [-0.15, -0.1) is 0 Å². The summed E-state index contributed by atoms with van der Waals surface area (Å²) in [6.07, 6.45) is 7.54. The first-order valence-corrected chi connectivity index (χ1v) is 14.6. The maximum Gasteiger partial charge on any atom is 0.335 e. The van der Waals surface area contributed by atoms with Crippen molar-refractivity contribution in [1.29, 1.82) is 0 Å². The Morgan fingerprint density at radius 3 is 2.77 bits per heavy atom. The molecule has 3 unspecified atom stereocenters. The van der Waals surface area contributed by atoms with E-state index in [0.717, 1.165) is 56.3 Å². The van der Waals surface area contributed by atoms with Gasteiger partial charge in [-0.2, -0.15) is 4.98 Å². The van der Waals surface area contributed by atoms with E-state index in [1.807, 2.05) is 13.0 Å². The van der Waals surface area contributed by atoms with Crippen LogP contribution in [0.2, 0.25) is 0 Å². The third-order valence-electron chi connectivity index (χ3n) is 9.41. The van der Waals surface area contributed by atoms with E-state index in [1.54, 1.807) is 22.8 Å². The molecular formula is C30H36N4O6. The predicted octanol–water partition coefficient (Wildman–Crippen LogP) is 4.20. The predicted molar refractivity (Wildman–Crippen MR) is 146 cm³/mol. The molecule has 0 spiro atoms. The van der Waals surface area contributed by atoms with Crippen LogP contribution in [0.5, 0.6) is 6.01 Å². The molecule has 0 amide bonds. The SMILES string of the molecule is CCCn1c(OC2CCOC2)nc2nc(C34CC5CC(CC(OCc6cccc(C(=O)O)c6)(C5)C3)C4)[nH]c2c1=O. The lowest BCUT2D eigenvalue weighted by atomic mass is 9.47. The fourth-order valence-electron chi connectivity index (χ4n) is 8.14. The van der Waals surface area contributed by atoms with Crippen LogP contribution in [-0.4, -0.2) is 55.5 Å². The molecule has 10 heteroatoms. The van der Waals surface area contributed by atoms with Crippen LogP contribution in [0, 0.1) is 11.8 Å². The molecule has 0 radical (unpaired) electrons. The monoisotopic (exact) mass is 548 g/mol. The number of ether oxygens (including phenoxy) is 3. The molecule has 40 heavy (non-hydrogen) atoms. The van der Waals surface area contributed by atoms with Gasteiger partial charge in [-0.3, -0.25) is 9.36 Å². The van der Waals surface area contributed by atoms with E-state index >= 15 is 0 Å². The fourth-order valence-corrected chi connectivity index (χ4v) is 8.14. The van der Waals surface area contributed by atoms with Gasteiger partial charge in [-0.1, -0.05) is 19.1 Å². The van der Waals surface area contributed by atoms with Gasteiger partial charge in [0.1, 0.15) is 11.9 Å². The molecule has 4 aliphatic carbocycles. The summed E-state index contributed by atoms with van der Waals surface area (Å²) < 4.78 is 19.9. The van der Waals surface area contributed by atoms with Crippen LogP contribution in [0.1, 0.15) is 80.0 Å². The number of carboxylic acids is 1. The van der Waals surface area contributed by atoms with Gasteiger partial charge in [0.2, 0.25) is 0 Å². The Labute approximate surface area is 232 Å². The van der Waals surface area contributed by atoms with E-state index < -0.39 is 5.97 Å². The minimum Gasteiger partial charge on any atom is -0.478 e. The summed E-state index contributed by atoms with van der Waals surface area (Å²) in [6, 6.07) is 7.32. The number of nitrogens with one attached hydrogen (secondary N) is 1. The van der Waals surface area contributed by atoms with E-state index in [2.05, 4.69) is 4.98 Å². The number of hydrogen-bond acceptors (Lipinski definition) is 7. The highest BCUT2D eigenvalue weighted by Gasteiger charge is 2.60. The van der Waals surface area contributed by atoms with Crippen molar-refractivity contribution < 1.29 is 24.1 Å². The molecule has 1 saturated heterocycles. The van der Waals surface area contributed by atoms with Crippen molar-refractivity contribution in [3.8, 4) is 6.01 Å². The quantitative estimate of drug-likeness (QED) is 0.407. The molecule has 3 aromatic rings. The number of imidazole rings is 1. The second-order valence-electron chi connectivity index (χ2n) is 12.5. The maximum absolute atomic E-state index is 13.6. The zero-order chi connectivity index (χ0) is 27.5. The van der Waals surface area contributed by atoms with Crippen LogP contribution < -0.4 is 10.3 Å². The highest BCUT2D eigenvalue weighted by atomic mass is 16.6. The van der Waals surface area contributed by atoms with Gasteiger partial charge in [0, 0.05) is 18.4 Å². The summed E-state index contributed by atoms with van der Waals surface area (Å²) in [5.74, 6) is 0.972. The number of H-pyrrole nitrogens is 1. The first kappa shape index (κ1) is 25.7. The molecule has 5 aliphatic rings. The number of nitrogens with zero attached hydrogens (tertiary/aromatic N) is 3. The van der Waals surface area contributed by atoms with Crippen LogP contribution in [0.3, 0.4) is 0 Å². The second-order valence-corrected chi connectivity index (χ2v) is 12.5. The van der Waals surface area contributed by atoms with E-state index in [0.29, 0.717) is 55.4 Å².